The molecule has 1 atom stereocenters. The Hall–Kier alpha value is -1.24. The van der Waals surface area contributed by atoms with Gasteiger partial charge in [0.25, 0.3) is 0 Å². The Morgan fingerprint density at radius 2 is 1.87 bits per heavy atom. The lowest BCUT2D eigenvalue weighted by molar-refractivity contribution is 0.436. The summed E-state index contributed by atoms with van der Waals surface area (Å²) in [6.07, 6.45) is 6.80. The first-order chi connectivity index (χ1) is 7.02. The van der Waals surface area contributed by atoms with Crippen LogP contribution in [0.15, 0.2) is 9.98 Å². The molecule has 0 saturated heterocycles. The van der Waals surface area contributed by atoms with Gasteiger partial charge in [0.05, 0.1) is 11.6 Å². The lowest BCUT2D eigenvalue weighted by Gasteiger charge is -2.16. The standard InChI is InChI=1S/C11H18N2O2/c1-10(12-8-14)6-4-5-7-11(2,3)13-9-15/h10H,4-7H2,1-3H3. The lowest BCUT2D eigenvalue weighted by Crippen LogP contribution is -2.15. The lowest BCUT2D eigenvalue weighted by atomic mass is 9.97. The van der Waals surface area contributed by atoms with Crippen LogP contribution in [-0.2, 0) is 9.59 Å². The minimum atomic E-state index is -0.321. The van der Waals surface area contributed by atoms with Crippen molar-refractivity contribution < 1.29 is 9.59 Å². The molecule has 0 heterocycles. The van der Waals surface area contributed by atoms with Crippen LogP contribution in [0.5, 0.6) is 0 Å². The smallest absolute Gasteiger partial charge is 0.211 e. The highest BCUT2D eigenvalue weighted by Gasteiger charge is 2.15. The Morgan fingerprint density at radius 3 is 2.40 bits per heavy atom. The van der Waals surface area contributed by atoms with Crippen molar-refractivity contribution in [1.82, 2.24) is 0 Å². The minimum absolute atomic E-state index is 0.0418. The van der Waals surface area contributed by atoms with Crippen molar-refractivity contribution in [1.29, 1.82) is 0 Å². The van der Waals surface area contributed by atoms with Crippen LogP contribution < -0.4 is 0 Å². The molecule has 15 heavy (non-hydrogen) atoms. The zero-order valence-electron chi connectivity index (χ0n) is 9.62. The molecule has 0 N–H and O–H groups in total. The molecule has 0 amide bonds. The van der Waals surface area contributed by atoms with Crippen LogP contribution in [0.4, 0.5) is 0 Å². The number of hydrogen-bond donors (Lipinski definition) is 0. The number of nitrogens with zero attached hydrogens (tertiary/aromatic N) is 2. The SMILES string of the molecule is CC(CCCCC(C)(C)N=C=O)N=C=O. The summed E-state index contributed by atoms with van der Waals surface area (Å²) in [5.74, 6) is 0. The fourth-order valence-electron chi connectivity index (χ4n) is 1.33. The Morgan fingerprint density at radius 1 is 1.20 bits per heavy atom. The van der Waals surface area contributed by atoms with Gasteiger partial charge >= 0.3 is 0 Å². The number of rotatable bonds is 7. The highest BCUT2D eigenvalue weighted by atomic mass is 16.1. The molecule has 4 nitrogen and oxygen atoms in total. The highest BCUT2D eigenvalue weighted by Crippen LogP contribution is 2.18. The maximum atomic E-state index is 10.1. The van der Waals surface area contributed by atoms with Crippen LogP contribution in [0.3, 0.4) is 0 Å². The van der Waals surface area contributed by atoms with Gasteiger partial charge in [-0.3, -0.25) is 0 Å². The third-order valence-electron chi connectivity index (χ3n) is 2.28. The zero-order chi connectivity index (χ0) is 11.7. The molecular weight excluding hydrogens is 192 g/mol. The van der Waals surface area contributed by atoms with E-state index in [1.54, 1.807) is 12.2 Å². The fourth-order valence-corrected chi connectivity index (χ4v) is 1.33. The molecule has 0 aromatic carbocycles. The Bertz CT molecular complexity index is 274. The first-order valence-electron chi connectivity index (χ1n) is 5.18. The second-order valence-corrected chi connectivity index (χ2v) is 4.33. The maximum Gasteiger partial charge on any atom is 0.235 e. The number of unbranched alkanes of at least 4 members (excludes halogenated alkanes) is 1. The van der Waals surface area contributed by atoms with E-state index in [0.717, 1.165) is 25.7 Å². The molecule has 0 saturated carbocycles. The molecule has 84 valence electrons. The summed E-state index contributed by atoms with van der Waals surface area (Å²) in [5, 5.41) is 0. The summed E-state index contributed by atoms with van der Waals surface area (Å²) < 4.78 is 0. The van der Waals surface area contributed by atoms with Crippen molar-refractivity contribution >= 4 is 12.2 Å². The van der Waals surface area contributed by atoms with E-state index in [9.17, 15) is 9.59 Å². The quantitative estimate of drug-likeness (QED) is 0.368. The van der Waals surface area contributed by atoms with Gasteiger partial charge in [-0.15, -0.1) is 0 Å². The molecule has 0 aliphatic carbocycles. The average Bonchev–Trinajstić information content (AvgIpc) is 2.13. The van der Waals surface area contributed by atoms with Gasteiger partial charge in [-0.2, -0.15) is 4.99 Å². The van der Waals surface area contributed by atoms with E-state index in [1.165, 1.54) is 0 Å². The van der Waals surface area contributed by atoms with Crippen molar-refractivity contribution in [3.63, 3.8) is 0 Å². The number of hydrogen-bond acceptors (Lipinski definition) is 4. The van der Waals surface area contributed by atoms with Gasteiger partial charge in [-0.1, -0.05) is 12.8 Å². The maximum absolute atomic E-state index is 10.1. The van der Waals surface area contributed by atoms with E-state index in [1.807, 2.05) is 20.8 Å². The molecule has 0 bridgehead atoms. The number of aliphatic imine (C=N–C) groups is 2. The van der Waals surface area contributed by atoms with Gasteiger partial charge in [-0.25, -0.2) is 14.6 Å². The average molecular weight is 210 g/mol. The van der Waals surface area contributed by atoms with Crippen LogP contribution in [-0.4, -0.2) is 23.7 Å². The molecule has 0 spiro atoms. The fraction of sp³-hybridized carbons (Fsp3) is 0.818. The second kappa shape index (κ2) is 7.10. The molecule has 0 radical (unpaired) electrons. The Kier molecular flexibility index (Phi) is 6.52. The first-order valence-corrected chi connectivity index (χ1v) is 5.18. The molecule has 0 aliphatic heterocycles. The first kappa shape index (κ1) is 13.8. The molecule has 0 aromatic heterocycles. The predicted octanol–water partition coefficient (Wildman–Crippen LogP) is 2.39. The summed E-state index contributed by atoms with van der Waals surface area (Å²) >= 11 is 0. The van der Waals surface area contributed by atoms with Gasteiger partial charge in [0.1, 0.15) is 0 Å². The van der Waals surface area contributed by atoms with Crippen LogP contribution in [0, 0.1) is 0 Å². The predicted molar refractivity (Wildman–Crippen MR) is 58.3 cm³/mol. The van der Waals surface area contributed by atoms with Crippen molar-refractivity contribution in [2.24, 2.45) is 9.98 Å². The van der Waals surface area contributed by atoms with E-state index in [-0.39, 0.29) is 11.6 Å². The molecule has 0 aromatic rings. The topological polar surface area (TPSA) is 58.9 Å². The van der Waals surface area contributed by atoms with Crippen LogP contribution in [0.2, 0.25) is 0 Å². The summed E-state index contributed by atoms with van der Waals surface area (Å²) in [7, 11) is 0. The third-order valence-corrected chi connectivity index (χ3v) is 2.28. The van der Waals surface area contributed by atoms with E-state index in [2.05, 4.69) is 9.98 Å². The molecule has 1 unspecified atom stereocenters. The van der Waals surface area contributed by atoms with E-state index in [4.69, 9.17) is 0 Å². The van der Waals surface area contributed by atoms with Gasteiger partial charge in [-0.05, 0) is 33.6 Å². The number of isocyanates is 2. The summed E-state index contributed by atoms with van der Waals surface area (Å²) in [6, 6.07) is 0.0418. The second-order valence-electron chi connectivity index (χ2n) is 4.33. The van der Waals surface area contributed by atoms with Crippen molar-refractivity contribution in [2.45, 2.75) is 58.0 Å². The van der Waals surface area contributed by atoms with E-state index < -0.39 is 0 Å². The Labute approximate surface area is 90.5 Å². The molecule has 0 fully saturated rings. The van der Waals surface area contributed by atoms with Crippen LogP contribution >= 0.6 is 0 Å². The van der Waals surface area contributed by atoms with Crippen molar-refractivity contribution in [3.05, 3.63) is 0 Å². The largest absolute Gasteiger partial charge is 0.235 e. The summed E-state index contributed by atoms with van der Waals surface area (Å²) in [4.78, 5) is 27.4. The number of carbonyl (C=O) groups excluding carboxylic acids is 2. The third kappa shape index (κ3) is 7.80. The van der Waals surface area contributed by atoms with E-state index in [0.29, 0.717) is 0 Å². The Balaban J connectivity index is 3.71. The molecule has 0 rings (SSSR count). The van der Waals surface area contributed by atoms with Crippen LogP contribution in [0.25, 0.3) is 0 Å². The van der Waals surface area contributed by atoms with Crippen molar-refractivity contribution in [3.8, 4) is 0 Å². The highest BCUT2D eigenvalue weighted by molar-refractivity contribution is 5.34. The summed E-state index contributed by atoms with van der Waals surface area (Å²) in [6.45, 7) is 5.70. The molecule has 4 heteroatoms. The summed E-state index contributed by atoms with van der Waals surface area (Å²) in [5.41, 5.74) is -0.321. The van der Waals surface area contributed by atoms with Gasteiger partial charge < -0.3 is 0 Å². The molecular formula is C11H18N2O2. The molecule has 0 aliphatic rings. The van der Waals surface area contributed by atoms with E-state index >= 15 is 0 Å². The van der Waals surface area contributed by atoms with Crippen LogP contribution in [0.1, 0.15) is 46.5 Å². The normalized spacial score (nSPS) is 12.5. The zero-order valence-corrected chi connectivity index (χ0v) is 9.62. The van der Waals surface area contributed by atoms with Gasteiger partial charge in [0, 0.05) is 0 Å². The monoisotopic (exact) mass is 210 g/mol. The minimum Gasteiger partial charge on any atom is -0.211 e. The van der Waals surface area contributed by atoms with Gasteiger partial charge in [0.15, 0.2) is 0 Å². The van der Waals surface area contributed by atoms with Gasteiger partial charge in [0.2, 0.25) is 12.2 Å². The van der Waals surface area contributed by atoms with Crippen molar-refractivity contribution in [2.75, 3.05) is 0 Å².